The van der Waals surface area contributed by atoms with Crippen molar-refractivity contribution in [2.24, 2.45) is 11.3 Å². The molecule has 0 bridgehead atoms. The average Bonchev–Trinajstić information content (AvgIpc) is 2.58. The number of hydrogen-bond acceptors (Lipinski definition) is 3. The van der Waals surface area contributed by atoms with E-state index in [9.17, 15) is 19.5 Å². The van der Waals surface area contributed by atoms with Crippen molar-refractivity contribution in [3.63, 3.8) is 0 Å². The number of carboxylic acids is 1. The number of hydrogen-bond donors (Lipinski definition) is 2. The average molecular weight is 360 g/mol. The van der Waals surface area contributed by atoms with E-state index in [-0.39, 0.29) is 24.4 Å². The fourth-order valence-electron chi connectivity index (χ4n) is 2.97. The van der Waals surface area contributed by atoms with Crippen LogP contribution in [0.4, 0.5) is 0 Å². The highest BCUT2D eigenvalue weighted by Gasteiger charge is 2.32. The fourth-order valence-corrected chi connectivity index (χ4v) is 2.97. The predicted molar refractivity (Wildman–Crippen MR) is 98.6 cm³/mol. The highest BCUT2D eigenvalue weighted by atomic mass is 16.4. The largest absolute Gasteiger partial charge is 0.481 e. The van der Waals surface area contributed by atoms with Crippen LogP contribution in [0.1, 0.15) is 56.5 Å². The number of aliphatic carboxylic acids is 1. The van der Waals surface area contributed by atoms with E-state index in [0.717, 1.165) is 5.56 Å². The van der Waals surface area contributed by atoms with Crippen molar-refractivity contribution in [3.8, 4) is 0 Å². The Morgan fingerprint density at radius 2 is 1.77 bits per heavy atom. The number of benzene rings is 1. The van der Waals surface area contributed by atoms with Crippen LogP contribution >= 0.6 is 0 Å². The van der Waals surface area contributed by atoms with Crippen LogP contribution in [0.5, 0.6) is 0 Å². The summed E-state index contributed by atoms with van der Waals surface area (Å²) in [6.07, 6.45) is 1.30. The Morgan fingerprint density at radius 1 is 1.15 bits per heavy atom. The van der Waals surface area contributed by atoms with Crippen LogP contribution < -0.4 is 5.32 Å². The van der Waals surface area contributed by atoms with Gasteiger partial charge in [0.15, 0.2) is 0 Å². The molecule has 1 aliphatic rings. The monoisotopic (exact) mass is 360 g/mol. The minimum atomic E-state index is -0.848. The minimum Gasteiger partial charge on any atom is -0.481 e. The first-order chi connectivity index (χ1) is 12.1. The van der Waals surface area contributed by atoms with Crippen molar-refractivity contribution in [2.45, 2.75) is 53.1 Å². The van der Waals surface area contributed by atoms with Gasteiger partial charge >= 0.3 is 5.97 Å². The zero-order valence-corrected chi connectivity index (χ0v) is 15.9. The maximum Gasteiger partial charge on any atom is 0.308 e. The second-order valence-corrected chi connectivity index (χ2v) is 8.05. The van der Waals surface area contributed by atoms with E-state index in [0.29, 0.717) is 24.9 Å². The molecule has 2 atom stereocenters. The number of nitrogens with one attached hydrogen (secondary N) is 1. The summed E-state index contributed by atoms with van der Waals surface area (Å²) in [5.74, 6) is -1.52. The number of piperidine rings is 1. The molecule has 0 saturated carbocycles. The Morgan fingerprint density at radius 3 is 2.31 bits per heavy atom. The molecule has 0 radical (unpaired) electrons. The summed E-state index contributed by atoms with van der Waals surface area (Å²) in [5.41, 5.74) is 1.00. The van der Waals surface area contributed by atoms with Crippen molar-refractivity contribution in [2.75, 3.05) is 6.54 Å². The summed E-state index contributed by atoms with van der Waals surface area (Å²) in [4.78, 5) is 37.6. The van der Waals surface area contributed by atoms with Gasteiger partial charge in [0.1, 0.15) is 0 Å². The van der Waals surface area contributed by atoms with Crippen LogP contribution in [0.3, 0.4) is 0 Å². The molecule has 6 nitrogen and oxygen atoms in total. The molecule has 2 N–H and O–H groups in total. The van der Waals surface area contributed by atoms with E-state index < -0.39 is 17.3 Å². The third-order valence-electron chi connectivity index (χ3n) is 4.83. The normalized spacial score (nSPS) is 20.5. The van der Waals surface area contributed by atoms with E-state index in [4.69, 9.17) is 0 Å². The summed E-state index contributed by atoms with van der Waals surface area (Å²) in [6.45, 7) is 8.17. The summed E-state index contributed by atoms with van der Waals surface area (Å²) in [6, 6.07) is 7.14. The van der Waals surface area contributed by atoms with Crippen molar-refractivity contribution in [1.29, 1.82) is 0 Å². The molecule has 0 aromatic heterocycles. The number of carboxylic acid groups (broad SMARTS) is 1. The molecule has 1 fully saturated rings. The molecule has 2 rings (SSSR count). The van der Waals surface area contributed by atoms with E-state index in [1.807, 2.05) is 39.8 Å². The Hall–Kier alpha value is -2.37. The highest BCUT2D eigenvalue weighted by Crippen LogP contribution is 2.24. The van der Waals surface area contributed by atoms with Crippen LogP contribution in [0.15, 0.2) is 24.3 Å². The first-order valence-electron chi connectivity index (χ1n) is 9.00. The molecular formula is C20H28N2O4. The number of nitrogens with zero attached hydrogens (tertiary/aromatic N) is 1. The Kier molecular flexibility index (Phi) is 6.05. The molecule has 6 heteroatoms. The maximum absolute atomic E-state index is 12.8. The van der Waals surface area contributed by atoms with Gasteiger partial charge in [-0.2, -0.15) is 0 Å². The van der Waals surface area contributed by atoms with E-state index in [2.05, 4.69) is 5.32 Å². The topological polar surface area (TPSA) is 86.7 Å². The molecule has 1 saturated heterocycles. The van der Waals surface area contributed by atoms with E-state index in [1.165, 1.54) is 0 Å². The van der Waals surface area contributed by atoms with Gasteiger partial charge in [0, 0.05) is 30.1 Å². The van der Waals surface area contributed by atoms with Crippen molar-refractivity contribution < 1.29 is 19.5 Å². The molecule has 0 spiro atoms. The summed E-state index contributed by atoms with van der Waals surface area (Å²) in [5, 5.41) is 12.1. The molecule has 1 heterocycles. The van der Waals surface area contributed by atoms with Gasteiger partial charge in [-0.1, -0.05) is 32.9 Å². The number of likely N-dealkylation sites (tertiary alicyclic amines) is 1. The second-order valence-electron chi connectivity index (χ2n) is 8.05. The van der Waals surface area contributed by atoms with Gasteiger partial charge in [0.2, 0.25) is 5.91 Å². The Balaban J connectivity index is 2.01. The lowest BCUT2D eigenvalue weighted by Crippen LogP contribution is -2.47. The quantitative estimate of drug-likeness (QED) is 0.864. The van der Waals surface area contributed by atoms with Crippen LogP contribution in [0.2, 0.25) is 0 Å². The molecule has 1 aliphatic heterocycles. The third-order valence-corrected chi connectivity index (χ3v) is 4.83. The smallest absolute Gasteiger partial charge is 0.308 e. The van der Waals surface area contributed by atoms with Crippen molar-refractivity contribution in [3.05, 3.63) is 35.4 Å². The first kappa shape index (κ1) is 19.9. The Bertz CT molecular complexity index is 676. The first-order valence-corrected chi connectivity index (χ1v) is 9.00. The van der Waals surface area contributed by atoms with Gasteiger partial charge in [-0.25, -0.2) is 0 Å². The summed E-state index contributed by atoms with van der Waals surface area (Å²) < 4.78 is 0. The summed E-state index contributed by atoms with van der Waals surface area (Å²) >= 11 is 0. The standard InChI is InChI=1S/C20H28N2O4/c1-13-5-8-16(18(24)25)12-22(13)17(23)15-9-6-14(7-10-15)11-21-19(26)20(2,3)4/h6-7,9-10,13,16H,5,8,11-12H2,1-4H3,(H,21,26)(H,24,25). The third kappa shape index (κ3) is 4.84. The zero-order chi connectivity index (χ0) is 19.5. The SMILES string of the molecule is CC1CCC(C(=O)O)CN1C(=O)c1ccc(CNC(=O)C(C)(C)C)cc1. The second kappa shape index (κ2) is 7.89. The van der Waals surface area contributed by atoms with Crippen molar-refractivity contribution >= 4 is 17.8 Å². The fraction of sp³-hybridized carbons (Fsp3) is 0.550. The minimum absolute atomic E-state index is 0.0282. The van der Waals surface area contributed by atoms with E-state index >= 15 is 0 Å². The lowest BCUT2D eigenvalue weighted by Gasteiger charge is -2.36. The highest BCUT2D eigenvalue weighted by molar-refractivity contribution is 5.94. The molecular weight excluding hydrogens is 332 g/mol. The van der Waals surface area contributed by atoms with Crippen LogP contribution in [-0.4, -0.2) is 40.4 Å². The number of carbonyl (C=O) groups is 3. The van der Waals surface area contributed by atoms with Gasteiger partial charge in [-0.15, -0.1) is 0 Å². The lowest BCUT2D eigenvalue weighted by atomic mass is 9.93. The maximum atomic E-state index is 12.8. The van der Waals surface area contributed by atoms with Gasteiger partial charge in [-0.05, 0) is 37.5 Å². The number of carbonyl (C=O) groups excluding carboxylic acids is 2. The summed E-state index contributed by atoms with van der Waals surface area (Å²) in [7, 11) is 0. The van der Waals surface area contributed by atoms with Gasteiger partial charge in [0.05, 0.1) is 5.92 Å². The van der Waals surface area contributed by atoms with Gasteiger partial charge in [-0.3, -0.25) is 14.4 Å². The Labute approximate surface area is 154 Å². The molecule has 2 unspecified atom stereocenters. The zero-order valence-electron chi connectivity index (χ0n) is 15.9. The molecule has 26 heavy (non-hydrogen) atoms. The molecule has 0 aliphatic carbocycles. The van der Waals surface area contributed by atoms with Gasteiger partial charge in [0.25, 0.3) is 5.91 Å². The molecule has 142 valence electrons. The van der Waals surface area contributed by atoms with Crippen molar-refractivity contribution in [1.82, 2.24) is 10.2 Å². The van der Waals surface area contributed by atoms with Crippen LogP contribution in [0, 0.1) is 11.3 Å². The number of rotatable bonds is 4. The molecule has 2 amide bonds. The molecule has 1 aromatic carbocycles. The lowest BCUT2D eigenvalue weighted by molar-refractivity contribution is -0.143. The number of amides is 2. The predicted octanol–water partition coefficient (Wildman–Crippen LogP) is 2.67. The van der Waals surface area contributed by atoms with Crippen LogP contribution in [-0.2, 0) is 16.1 Å². The van der Waals surface area contributed by atoms with Crippen LogP contribution in [0.25, 0.3) is 0 Å². The van der Waals surface area contributed by atoms with E-state index in [1.54, 1.807) is 17.0 Å². The molecule has 1 aromatic rings. The van der Waals surface area contributed by atoms with Gasteiger partial charge < -0.3 is 15.3 Å².